The number of thioether (sulfide) groups is 1. The van der Waals surface area contributed by atoms with Gasteiger partial charge in [0.25, 0.3) is 0 Å². The number of hydrogen-bond acceptors (Lipinski definition) is 5. The summed E-state index contributed by atoms with van der Waals surface area (Å²) in [4.78, 5) is 21.2. The zero-order valence-electron chi connectivity index (χ0n) is 13.7. The molecule has 0 radical (unpaired) electrons. The van der Waals surface area contributed by atoms with Gasteiger partial charge in [-0.25, -0.2) is 9.97 Å². The van der Waals surface area contributed by atoms with E-state index in [1.54, 1.807) is 22.8 Å². The molecule has 2 atom stereocenters. The Hall–Kier alpha value is -1.63. The summed E-state index contributed by atoms with van der Waals surface area (Å²) >= 11 is 1.73. The Balaban J connectivity index is 1.58. The van der Waals surface area contributed by atoms with Crippen LogP contribution in [0.5, 0.6) is 0 Å². The summed E-state index contributed by atoms with van der Waals surface area (Å²) < 4.78 is 3.79. The predicted octanol–water partition coefficient (Wildman–Crippen LogP) is 2.57. The molecular formula is C16H23N5OS. The van der Waals surface area contributed by atoms with Gasteiger partial charge in [-0.1, -0.05) is 25.1 Å². The summed E-state index contributed by atoms with van der Waals surface area (Å²) in [5.74, 6) is 1.37. The Morgan fingerprint density at radius 2 is 2.35 bits per heavy atom. The van der Waals surface area contributed by atoms with Gasteiger partial charge in [0.05, 0.1) is 6.54 Å². The number of hydrogen-bond donors (Lipinski definition) is 0. The van der Waals surface area contributed by atoms with Crippen LogP contribution in [0, 0.1) is 11.3 Å². The zero-order chi connectivity index (χ0) is 16.3. The van der Waals surface area contributed by atoms with Crippen molar-refractivity contribution in [3.05, 3.63) is 25.0 Å². The van der Waals surface area contributed by atoms with Gasteiger partial charge in [-0.3, -0.25) is 9.48 Å². The maximum absolute atomic E-state index is 12.9. The van der Waals surface area contributed by atoms with Gasteiger partial charge in [0.1, 0.15) is 18.4 Å². The van der Waals surface area contributed by atoms with E-state index in [0.717, 1.165) is 36.6 Å². The van der Waals surface area contributed by atoms with Crippen LogP contribution in [0.1, 0.15) is 32.6 Å². The van der Waals surface area contributed by atoms with Crippen molar-refractivity contribution in [1.82, 2.24) is 24.3 Å². The zero-order valence-corrected chi connectivity index (χ0v) is 14.5. The van der Waals surface area contributed by atoms with Gasteiger partial charge in [-0.15, -0.1) is 0 Å². The van der Waals surface area contributed by atoms with Gasteiger partial charge in [0.2, 0.25) is 0 Å². The molecule has 3 rings (SSSR count). The van der Waals surface area contributed by atoms with Crippen molar-refractivity contribution >= 4 is 17.5 Å². The van der Waals surface area contributed by atoms with Crippen LogP contribution in [0.15, 0.2) is 30.2 Å². The third kappa shape index (κ3) is 3.65. The van der Waals surface area contributed by atoms with E-state index in [9.17, 15) is 4.79 Å². The maximum Gasteiger partial charge on any atom is 0.167 e. The van der Waals surface area contributed by atoms with Crippen LogP contribution < -0.4 is 0 Å². The van der Waals surface area contributed by atoms with Crippen LogP contribution in [0.3, 0.4) is 0 Å². The van der Waals surface area contributed by atoms with Crippen LogP contribution in [0.4, 0.5) is 0 Å². The summed E-state index contributed by atoms with van der Waals surface area (Å²) in [7, 11) is 2.00. The molecule has 0 N–H and O–H groups in total. The topological polar surface area (TPSA) is 65.6 Å². The van der Waals surface area contributed by atoms with Gasteiger partial charge in [0, 0.05) is 36.5 Å². The fourth-order valence-corrected chi connectivity index (χ4v) is 4.45. The molecule has 1 fully saturated rings. The first-order valence-electron chi connectivity index (χ1n) is 8.05. The van der Waals surface area contributed by atoms with Crippen molar-refractivity contribution < 1.29 is 4.79 Å². The average molecular weight is 333 g/mol. The number of carbonyl (C=O) groups is 1. The first kappa shape index (κ1) is 16.2. The Labute approximate surface area is 140 Å². The standard InChI is InChI=1S/C16H23N5OS/c1-16(6-9-23-15-18-7-8-20(15)2)5-3-4-13(14(16)22)10-21-12-17-11-19-21/h7-8,11-13H,3-6,9-10H2,1-2H3. The molecule has 2 unspecified atom stereocenters. The lowest BCUT2D eigenvalue weighted by molar-refractivity contribution is -0.136. The lowest BCUT2D eigenvalue weighted by Crippen LogP contribution is -2.39. The maximum atomic E-state index is 12.9. The van der Waals surface area contributed by atoms with Gasteiger partial charge < -0.3 is 4.57 Å². The first-order valence-corrected chi connectivity index (χ1v) is 9.04. The monoisotopic (exact) mass is 333 g/mol. The smallest absolute Gasteiger partial charge is 0.167 e. The van der Waals surface area contributed by atoms with E-state index < -0.39 is 0 Å². The molecule has 2 aromatic rings. The number of rotatable bonds is 6. The van der Waals surface area contributed by atoms with Crippen LogP contribution >= 0.6 is 11.8 Å². The van der Waals surface area contributed by atoms with E-state index in [-0.39, 0.29) is 11.3 Å². The first-order chi connectivity index (χ1) is 11.1. The Kier molecular flexibility index (Phi) is 4.84. The minimum atomic E-state index is -0.221. The molecule has 7 heteroatoms. The molecule has 0 saturated heterocycles. The van der Waals surface area contributed by atoms with Crippen LogP contribution in [0.2, 0.25) is 0 Å². The highest BCUT2D eigenvalue weighted by Gasteiger charge is 2.40. The average Bonchev–Trinajstić information content (AvgIpc) is 3.17. The number of carbonyl (C=O) groups excluding carboxylic acids is 1. The molecule has 2 aromatic heterocycles. The molecule has 124 valence electrons. The lowest BCUT2D eigenvalue weighted by Gasteiger charge is -2.36. The Bertz CT molecular complexity index is 653. The van der Waals surface area contributed by atoms with E-state index in [1.165, 1.54) is 6.33 Å². The van der Waals surface area contributed by atoms with Crippen molar-refractivity contribution in [2.24, 2.45) is 18.4 Å². The molecule has 1 aliphatic carbocycles. The molecule has 1 saturated carbocycles. The molecule has 2 heterocycles. The summed E-state index contributed by atoms with van der Waals surface area (Å²) in [6, 6.07) is 0. The normalized spacial score (nSPS) is 25.0. The Morgan fingerprint density at radius 3 is 3.04 bits per heavy atom. The number of nitrogens with zero attached hydrogens (tertiary/aromatic N) is 5. The van der Waals surface area contributed by atoms with Crippen LogP contribution in [-0.4, -0.2) is 35.9 Å². The van der Waals surface area contributed by atoms with Crippen LogP contribution in [-0.2, 0) is 18.4 Å². The number of aryl methyl sites for hydroxylation is 1. The van der Waals surface area contributed by atoms with Crippen molar-refractivity contribution in [2.45, 2.75) is 44.3 Å². The molecule has 0 aromatic carbocycles. The van der Waals surface area contributed by atoms with E-state index in [0.29, 0.717) is 12.3 Å². The number of aromatic nitrogens is 5. The lowest BCUT2D eigenvalue weighted by atomic mass is 9.68. The predicted molar refractivity (Wildman–Crippen MR) is 89.0 cm³/mol. The van der Waals surface area contributed by atoms with Crippen molar-refractivity contribution in [1.29, 1.82) is 0 Å². The third-order valence-electron chi connectivity index (χ3n) is 4.78. The minimum Gasteiger partial charge on any atom is -0.329 e. The van der Waals surface area contributed by atoms with Crippen LogP contribution in [0.25, 0.3) is 0 Å². The second kappa shape index (κ2) is 6.86. The molecule has 0 amide bonds. The van der Waals surface area contributed by atoms with Crippen molar-refractivity contribution in [3.63, 3.8) is 0 Å². The molecule has 23 heavy (non-hydrogen) atoms. The summed E-state index contributed by atoms with van der Waals surface area (Å²) in [6.07, 6.45) is 10.9. The van der Waals surface area contributed by atoms with E-state index in [2.05, 4.69) is 22.0 Å². The van der Waals surface area contributed by atoms with Gasteiger partial charge in [-0.2, -0.15) is 5.10 Å². The summed E-state index contributed by atoms with van der Waals surface area (Å²) in [6.45, 7) is 2.78. The molecule has 6 nitrogen and oxygen atoms in total. The Morgan fingerprint density at radius 1 is 1.48 bits per heavy atom. The number of Topliss-reactive ketones (excluding diaryl/α,β-unsaturated/α-hetero) is 1. The molecule has 0 spiro atoms. The minimum absolute atomic E-state index is 0.0635. The van der Waals surface area contributed by atoms with Crippen molar-refractivity contribution in [2.75, 3.05) is 5.75 Å². The molecule has 0 bridgehead atoms. The fourth-order valence-electron chi connectivity index (χ4n) is 3.32. The SMILES string of the molecule is Cn1ccnc1SCCC1(C)CCCC(Cn2cncn2)C1=O. The van der Waals surface area contributed by atoms with E-state index in [4.69, 9.17) is 0 Å². The fraction of sp³-hybridized carbons (Fsp3) is 0.625. The van der Waals surface area contributed by atoms with Crippen molar-refractivity contribution in [3.8, 4) is 0 Å². The molecule has 0 aliphatic heterocycles. The summed E-state index contributed by atoms with van der Waals surface area (Å²) in [5, 5.41) is 5.15. The number of ketones is 1. The van der Waals surface area contributed by atoms with Gasteiger partial charge in [0.15, 0.2) is 5.16 Å². The van der Waals surface area contributed by atoms with E-state index in [1.807, 2.05) is 24.0 Å². The summed E-state index contributed by atoms with van der Waals surface area (Å²) in [5.41, 5.74) is -0.221. The molecular weight excluding hydrogens is 310 g/mol. The highest BCUT2D eigenvalue weighted by atomic mass is 32.2. The number of imidazole rings is 1. The second-order valence-electron chi connectivity index (χ2n) is 6.55. The second-order valence-corrected chi connectivity index (χ2v) is 7.61. The van der Waals surface area contributed by atoms with E-state index >= 15 is 0 Å². The quantitative estimate of drug-likeness (QED) is 0.760. The van der Waals surface area contributed by atoms with Gasteiger partial charge >= 0.3 is 0 Å². The highest BCUT2D eigenvalue weighted by molar-refractivity contribution is 7.99. The largest absolute Gasteiger partial charge is 0.329 e. The molecule has 1 aliphatic rings. The third-order valence-corrected chi connectivity index (χ3v) is 5.84. The highest BCUT2D eigenvalue weighted by Crippen LogP contribution is 2.40. The van der Waals surface area contributed by atoms with Gasteiger partial charge in [-0.05, 0) is 19.3 Å².